The second kappa shape index (κ2) is 4.51. The highest BCUT2D eigenvalue weighted by Crippen LogP contribution is 2.22. The van der Waals surface area contributed by atoms with Crippen LogP contribution in [0.5, 0.6) is 0 Å². The highest BCUT2D eigenvalue weighted by Gasteiger charge is 2.30. The number of sulfone groups is 1. The van der Waals surface area contributed by atoms with Gasteiger partial charge in [-0.15, -0.1) is 0 Å². The number of hydrogen-bond donors (Lipinski definition) is 0. The lowest BCUT2D eigenvalue weighted by molar-refractivity contribution is -0.134. The van der Waals surface area contributed by atoms with Crippen molar-refractivity contribution in [2.45, 2.75) is 45.2 Å². The molecule has 5 heteroatoms. The number of carbonyl (C=O) groups is 1. The molecule has 1 saturated heterocycles. The van der Waals surface area contributed by atoms with Gasteiger partial charge in [0, 0.05) is 18.3 Å². The van der Waals surface area contributed by atoms with Crippen LogP contribution in [-0.4, -0.2) is 43.3 Å². The molecule has 1 fully saturated rings. The first-order chi connectivity index (χ1) is 6.81. The fraction of sp³-hybridized carbons (Fsp3) is 0.900. The largest absolute Gasteiger partial charge is 0.336 e. The fourth-order valence-corrected chi connectivity index (χ4v) is 2.81. The van der Waals surface area contributed by atoms with Gasteiger partial charge in [-0.05, 0) is 33.1 Å². The van der Waals surface area contributed by atoms with Gasteiger partial charge in [-0.1, -0.05) is 0 Å². The summed E-state index contributed by atoms with van der Waals surface area (Å²) in [5.74, 6) is -0.612. The fourth-order valence-electron chi connectivity index (χ4n) is 2.21. The van der Waals surface area contributed by atoms with Gasteiger partial charge in [0.2, 0.25) is 5.91 Å². The summed E-state index contributed by atoms with van der Waals surface area (Å²) in [7, 11) is -3.21. The molecule has 0 radical (unpaired) electrons. The lowest BCUT2D eigenvalue weighted by atomic mass is 9.98. The third-order valence-corrected chi connectivity index (χ3v) is 3.64. The molecule has 0 saturated carbocycles. The number of rotatable bonds is 2. The minimum Gasteiger partial charge on any atom is -0.336 e. The van der Waals surface area contributed by atoms with Crippen molar-refractivity contribution in [2.24, 2.45) is 0 Å². The first-order valence-electron chi connectivity index (χ1n) is 5.30. The third-order valence-electron chi connectivity index (χ3n) is 2.87. The van der Waals surface area contributed by atoms with Crippen molar-refractivity contribution in [3.8, 4) is 0 Å². The molecule has 1 rings (SSSR count). The number of nitrogens with zero attached hydrogens (tertiary/aromatic N) is 1. The Morgan fingerprint density at radius 3 is 2.13 bits per heavy atom. The van der Waals surface area contributed by atoms with E-state index in [4.69, 9.17) is 0 Å². The summed E-state index contributed by atoms with van der Waals surface area (Å²) < 4.78 is 22.1. The zero-order chi connectivity index (χ0) is 11.6. The highest BCUT2D eigenvalue weighted by molar-refractivity contribution is 7.91. The second-order valence-corrected chi connectivity index (χ2v) is 6.64. The van der Waals surface area contributed by atoms with Gasteiger partial charge in [0.1, 0.15) is 5.75 Å². The van der Waals surface area contributed by atoms with Gasteiger partial charge in [-0.3, -0.25) is 4.79 Å². The smallest absolute Gasteiger partial charge is 0.238 e. The van der Waals surface area contributed by atoms with Gasteiger partial charge in [-0.25, -0.2) is 8.42 Å². The lowest BCUT2D eigenvalue weighted by Gasteiger charge is -2.39. The van der Waals surface area contributed by atoms with E-state index in [0.717, 1.165) is 25.5 Å². The standard InChI is InChI=1S/C10H19NO3S/c1-8-5-4-6-9(2)11(8)10(12)7-15(3,13)14/h8-9H,4-7H2,1-3H3. The van der Waals surface area contributed by atoms with E-state index in [2.05, 4.69) is 0 Å². The van der Waals surface area contributed by atoms with Crippen LogP contribution < -0.4 is 0 Å². The van der Waals surface area contributed by atoms with E-state index >= 15 is 0 Å². The normalized spacial score (nSPS) is 27.8. The molecule has 2 atom stereocenters. The minimum atomic E-state index is -3.21. The van der Waals surface area contributed by atoms with Crippen LogP contribution in [0.3, 0.4) is 0 Å². The molecule has 0 aromatic rings. The SMILES string of the molecule is CC1CCCC(C)N1C(=O)CS(C)(=O)=O. The van der Waals surface area contributed by atoms with E-state index in [1.54, 1.807) is 4.90 Å². The Morgan fingerprint density at radius 2 is 1.73 bits per heavy atom. The zero-order valence-corrected chi connectivity index (χ0v) is 10.4. The molecule has 2 unspecified atom stereocenters. The number of carbonyl (C=O) groups excluding carboxylic acids is 1. The topological polar surface area (TPSA) is 54.5 Å². The maximum Gasteiger partial charge on any atom is 0.238 e. The van der Waals surface area contributed by atoms with Crippen molar-refractivity contribution in [1.29, 1.82) is 0 Å². The predicted molar refractivity (Wildman–Crippen MR) is 59.3 cm³/mol. The van der Waals surface area contributed by atoms with Gasteiger partial charge >= 0.3 is 0 Å². The van der Waals surface area contributed by atoms with Crippen LogP contribution >= 0.6 is 0 Å². The van der Waals surface area contributed by atoms with Crippen LogP contribution in [0, 0.1) is 0 Å². The second-order valence-electron chi connectivity index (χ2n) is 4.50. The molecule has 4 nitrogen and oxygen atoms in total. The summed E-state index contributed by atoms with van der Waals surface area (Å²) >= 11 is 0. The molecule has 0 aliphatic carbocycles. The van der Waals surface area contributed by atoms with Crippen LogP contribution in [-0.2, 0) is 14.6 Å². The lowest BCUT2D eigenvalue weighted by Crippen LogP contribution is -2.49. The molecule has 0 spiro atoms. The maximum atomic E-state index is 11.8. The molecule has 1 amide bonds. The van der Waals surface area contributed by atoms with Gasteiger partial charge in [0.05, 0.1) is 0 Å². The molecule has 0 N–H and O–H groups in total. The van der Waals surface area contributed by atoms with Crippen molar-refractivity contribution in [3.05, 3.63) is 0 Å². The Hall–Kier alpha value is -0.580. The highest BCUT2D eigenvalue weighted by atomic mass is 32.2. The monoisotopic (exact) mass is 233 g/mol. The van der Waals surface area contributed by atoms with Gasteiger partial charge in [0.15, 0.2) is 9.84 Å². The molecular formula is C10H19NO3S. The average molecular weight is 233 g/mol. The van der Waals surface area contributed by atoms with Crippen LogP contribution in [0.4, 0.5) is 0 Å². The minimum absolute atomic E-state index is 0.169. The summed E-state index contributed by atoms with van der Waals surface area (Å²) in [4.78, 5) is 13.5. The van der Waals surface area contributed by atoms with Crippen LogP contribution in [0.2, 0.25) is 0 Å². The van der Waals surface area contributed by atoms with E-state index in [9.17, 15) is 13.2 Å². The van der Waals surface area contributed by atoms with E-state index in [1.807, 2.05) is 13.8 Å². The predicted octanol–water partition coefficient (Wildman–Crippen LogP) is 0.821. The van der Waals surface area contributed by atoms with Gasteiger partial charge in [-0.2, -0.15) is 0 Å². The van der Waals surface area contributed by atoms with E-state index in [0.29, 0.717) is 0 Å². The summed E-state index contributed by atoms with van der Waals surface area (Å²) in [6, 6.07) is 0.339. The Bertz CT molecular complexity index is 327. The Labute approximate surface area is 91.6 Å². The van der Waals surface area contributed by atoms with E-state index in [1.165, 1.54) is 0 Å². The maximum absolute atomic E-state index is 11.8. The number of likely N-dealkylation sites (tertiary alicyclic amines) is 1. The first-order valence-corrected chi connectivity index (χ1v) is 7.36. The summed E-state index contributed by atoms with van der Waals surface area (Å²) in [5, 5.41) is 0. The third kappa shape index (κ3) is 3.48. The van der Waals surface area contributed by atoms with Gasteiger partial charge in [0.25, 0.3) is 0 Å². The summed E-state index contributed by atoms with van der Waals surface area (Å²) in [6.45, 7) is 3.96. The Balaban J connectivity index is 2.72. The van der Waals surface area contributed by atoms with Gasteiger partial charge < -0.3 is 4.90 Å². The van der Waals surface area contributed by atoms with Crippen molar-refractivity contribution in [2.75, 3.05) is 12.0 Å². The molecule has 88 valence electrons. The molecule has 0 aromatic heterocycles. The van der Waals surface area contributed by atoms with E-state index < -0.39 is 9.84 Å². The first kappa shape index (κ1) is 12.5. The van der Waals surface area contributed by atoms with Crippen LogP contribution in [0.1, 0.15) is 33.1 Å². The van der Waals surface area contributed by atoms with Crippen LogP contribution in [0.25, 0.3) is 0 Å². The molecule has 1 aliphatic rings. The molecular weight excluding hydrogens is 214 g/mol. The summed E-state index contributed by atoms with van der Waals surface area (Å²) in [5.41, 5.74) is 0. The number of piperidine rings is 1. The number of amides is 1. The van der Waals surface area contributed by atoms with Crippen molar-refractivity contribution in [3.63, 3.8) is 0 Å². The molecule has 0 bridgehead atoms. The Morgan fingerprint density at radius 1 is 1.27 bits per heavy atom. The molecule has 1 aliphatic heterocycles. The van der Waals surface area contributed by atoms with Crippen LogP contribution in [0.15, 0.2) is 0 Å². The average Bonchev–Trinajstić information content (AvgIpc) is 1.99. The van der Waals surface area contributed by atoms with Crippen molar-refractivity contribution < 1.29 is 13.2 Å². The quantitative estimate of drug-likeness (QED) is 0.709. The van der Waals surface area contributed by atoms with Crippen molar-refractivity contribution in [1.82, 2.24) is 4.90 Å². The van der Waals surface area contributed by atoms with Crippen molar-refractivity contribution >= 4 is 15.7 Å². The molecule has 0 aromatic carbocycles. The molecule has 1 heterocycles. The number of hydrogen-bond acceptors (Lipinski definition) is 3. The summed E-state index contributed by atoms with van der Waals surface area (Å²) in [6.07, 6.45) is 4.16. The van der Waals surface area contributed by atoms with E-state index in [-0.39, 0.29) is 23.7 Å². The molecule has 15 heavy (non-hydrogen) atoms. The zero-order valence-electron chi connectivity index (χ0n) is 9.56. The Kier molecular flexibility index (Phi) is 3.76.